The van der Waals surface area contributed by atoms with Gasteiger partial charge in [-0.3, -0.25) is 0 Å². The van der Waals surface area contributed by atoms with Gasteiger partial charge in [0.1, 0.15) is 0 Å². The molecule has 0 fully saturated rings. The van der Waals surface area contributed by atoms with Crippen molar-refractivity contribution in [2.45, 2.75) is 6.92 Å². The first kappa shape index (κ1) is 22.2. The summed E-state index contributed by atoms with van der Waals surface area (Å²) in [7, 11) is 0. The van der Waals surface area contributed by atoms with E-state index >= 15 is 0 Å². The van der Waals surface area contributed by atoms with Gasteiger partial charge in [0, 0.05) is 0 Å². The molecule has 0 radical (unpaired) electrons. The van der Waals surface area contributed by atoms with E-state index in [1.807, 2.05) is 110 Å². The van der Waals surface area contributed by atoms with Crippen molar-refractivity contribution in [2.24, 2.45) is 10.2 Å². The molecule has 1 heterocycles. The van der Waals surface area contributed by atoms with Crippen LogP contribution < -0.4 is 7.16 Å². The summed E-state index contributed by atoms with van der Waals surface area (Å²) in [6.07, 6.45) is 1.95. The Bertz CT molecular complexity index is 1300. The van der Waals surface area contributed by atoms with Crippen molar-refractivity contribution in [3.05, 3.63) is 139 Å². The second-order valence-corrected chi connectivity index (χ2v) is 15.9. The molecule has 167 valence electrons. The van der Waals surface area contributed by atoms with Crippen LogP contribution >= 0.6 is 0 Å². The van der Waals surface area contributed by atoms with Gasteiger partial charge in [-0.05, 0) is 0 Å². The van der Waals surface area contributed by atoms with E-state index in [0.29, 0.717) is 5.90 Å². The average molecular weight is 551 g/mol. The Labute approximate surface area is 204 Å². The molecule has 4 nitrogen and oxygen atoms in total. The summed E-state index contributed by atoms with van der Waals surface area (Å²) >= 11 is -4.39. The van der Waals surface area contributed by atoms with Crippen molar-refractivity contribution in [3.63, 3.8) is 0 Å². The molecule has 0 aliphatic carbocycles. The molecular formula is C29H24N2O2Sn-. The fourth-order valence-corrected chi connectivity index (χ4v) is 12.5. The molecule has 5 rings (SSSR count). The Morgan fingerprint density at radius 1 is 0.529 bits per heavy atom. The summed E-state index contributed by atoms with van der Waals surface area (Å²) in [6.45, 7) is 1.92. The molecule has 0 N–H and O–H groups in total. The molecule has 1 aliphatic rings. The Hall–Kier alpha value is -3.64. The SMILES string of the molecule is CC1=N\N=C(\c2ccccc2)[O][Sn-]([c]2ccccc2)([c]2ccccc2)[O]/C(c2ccccc2)=C\1. The number of allylic oxidation sites excluding steroid dienone is 1. The fraction of sp³-hybridized carbons (Fsp3) is 0.0345. The maximum absolute atomic E-state index is 7.13. The van der Waals surface area contributed by atoms with Crippen LogP contribution in [0.3, 0.4) is 0 Å². The zero-order valence-corrected chi connectivity index (χ0v) is 21.7. The third-order valence-corrected chi connectivity index (χ3v) is 14.6. The number of benzene rings is 4. The molecule has 0 amide bonds. The molecule has 0 saturated heterocycles. The van der Waals surface area contributed by atoms with Crippen LogP contribution in [0.4, 0.5) is 0 Å². The Balaban J connectivity index is 1.78. The van der Waals surface area contributed by atoms with Crippen LogP contribution in [-0.2, 0) is 6.15 Å². The van der Waals surface area contributed by atoms with E-state index in [4.69, 9.17) is 6.15 Å². The zero-order valence-electron chi connectivity index (χ0n) is 18.8. The third-order valence-electron chi connectivity index (χ3n) is 5.52. The number of hydrogen-bond acceptors (Lipinski definition) is 4. The standard InChI is InChI=1S/C17H16N2O2.2C6H5.Sn/c1-13(12-16(20)14-8-4-2-5-9-14)18-19-17(21)15-10-6-3-7-11-15;2*1-2-4-6-5-3-1;/h2-12,20H,1H3,(H,19,21);2*1-5H;/q;;;+1/p-2/b16-12-,18-13+;;;. The molecule has 4 aromatic rings. The summed E-state index contributed by atoms with van der Waals surface area (Å²) in [4.78, 5) is 0. The first-order chi connectivity index (χ1) is 16.7. The summed E-state index contributed by atoms with van der Waals surface area (Å²) in [6, 6.07) is 40.5. The minimum atomic E-state index is -4.39. The van der Waals surface area contributed by atoms with Crippen molar-refractivity contribution in [1.29, 1.82) is 0 Å². The number of nitrogens with zero attached hydrogens (tertiary/aromatic N) is 2. The van der Waals surface area contributed by atoms with Gasteiger partial charge in [-0.15, -0.1) is 0 Å². The molecule has 0 aromatic heterocycles. The molecule has 4 aromatic carbocycles. The molecule has 1 aliphatic heterocycles. The summed E-state index contributed by atoms with van der Waals surface area (Å²) in [5.41, 5.74) is 2.56. The molecule has 0 saturated carbocycles. The first-order valence-electron chi connectivity index (χ1n) is 11.2. The van der Waals surface area contributed by atoms with E-state index in [1.165, 1.54) is 0 Å². The summed E-state index contributed by atoms with van der Waals surface area (Å²) < 4.78 is 16.2. The van der Waals surface area contributed by atoms with Crippen molar-refractivity contribution in [2.75, 3.05) is 0 Å². The molecule has 0 bridgehead atoms. The van der Waals surface area contributed by atoms with E-state index in [-0.39, 0.29) is 0 Å². The first-order valence-corrected chi connectivity index (χ1v) is 16.4. The topological polar surface area (TPSA) is 43.2 Å². The monoisotopic (exact) mass is 552 g/mol. The quantitative estimate of drug-likeness (QED) is 0.330. The summed E-state index contributed by atoms with van der Waals surface area (Å²) in [5, 5.41) is 9.07. The Morgan fingerprint density at radius 2 is 1.00 bits per heavy atom. The van der Waals surface area contributed by atoms with Gasteiger partial charge in [0.25, 0.3) is 0 Å². The van der Waals surface area contributed by atoms with Crippen molar-refractivity contribution in [1.82, 2.24) is 0 Å². The van der Waals surface area contributed by atoms with Gasteiger partial charge in [0.15, 0.2) is 0 Å². The third kappa shape index (κ3) is 4.68. The second kappa shape index (κ2) is 10.1. The van der Waals surface area contributed by atoms with Gasteiger partial charge in [0.05, 0.1) is 0 Å². The molecule has 34 heavy (non-hydrogen) atoms. The predicted molar refractivity (Wildman–Crippen MR) is 141 cm³/mol. The predicted octanol–water partition coefficient (Wildman–Crippen LogP) is 5.15. The van der Waals surface area contributed by atoms with Crippen LogP contribution in [0.15, 0.2) is 138 Å². The van der Waals surface area contributed by atoms with Crippen molar-refractivity contribution in [3.8, 4) is 0 Å². The van der Waals surface area contributed by atoms with Crippen LogP contribution in [-0.4, -0.2) is 30.8 Å². The molecule has 0 atom stereocenters. The normalized spacial score (nSPS) is 19.9. The Kier molecular flexibility index (Phi) is 6.58. The van der Waals surface area contributed by atoms with Gasteiger partial charge >= 0.3 is 206 Å². The molecular weight excluding hydrogens is 527 g/mol. The average Bonchev–Trinajstić information content (AvgIpc) is 2.99. The van der Waals surface area contributed by atoms with Crippen LogP contribution in [0.2, 0.25) is 0 Å². The maximum atomic E-state index is 7.13. The van der Waals surface area contributed by atoms with Gasteiger partial charge in [-0.25, -0.2) is 0 Å². The van der Waals surface area contributed by atoms with Gasteiger partial charge in [-0.1, -0.05) is 0 Å². The van der Waals surface area contributed by atoms with Crippen molar-refractivity contribution >= 4 is 43.7 Å². The summed E-state index contributed by atoms with van der Waals surface area (Å²) in [5.74, 6) is 1.20. The van der Waals surface area contributed by atoms with Gasteiger partial charge < -0.3 is 0 Å². The zero-order chi connectivity index (χ0) is 23.2. The second-order valence-electron chi connectivity index (χ2n) is 7.94. The Morgan fingerprint density at radius 3 is 1.53 bits per heavy atom. The molecule has 0 spiro atoms. The van der Waals surface area contributed by atoms with Gasteiger partial charge in [-0.2, -0.15) is 0 Å². The van der Waals surface area contributed by atoms with E-state index in [0.717, 1.165) is 29.8 Å². The van der Waals surface area contributed by atoms with Gasteiger partial charge in [0.2, 0.25) is 0 Å². The van der Waals surface area contributed by atoms with Crippen LogP contribution in [0.1, 0.15) is 18.1 Å². The molecule has 0 unspecified atom stereocenters. The van der Waals surface area contributed by atoms with Crippen LogP contribution in [0, 0.1) is 0 Å². The molecule has 5 heteroatoms. The van der Waals surface area contributed by atoms with E-state index in [9.17, 15) is 0 Å². The fourth-order valence-electron chi connectivity index (χ4n) is 3.86. The van der Waals surface area contributed by atoms with E-state index < -0.39 is 19.2 Å². The number of rotatable bonds is 4. The minimum absolute atomic E-state index is 0.464. The van der Waals surface area contributed by atoms with E-state index in [2.05, 4.69) is 34.5 Å². The van der Waals surface area contributed by atoms with Crippen LogP contribution in [0.25, 0.3) is 5.76 Å². The number of hydrogen-bond donors (Lipinski definition) is 0. The van der Waals surface area contributed by atoms with Crippen molar-refractivity contribution < 1.29 is 6.15 Å². The van der Waals surface area contributed by atoms with E-state index in [1.54, 1.807) is 0 Å². The van der Waals surface area contributed by atoms with Crippen LogP contribution in [0.5, 0.6) is 0 Å².